The van der Waals surface area contributed by atoms with Crippen molar-refractivity contribution in [3.8, 4) is 17.2 Å². The zero-order chi connectivity index (χ0) is 42.2. The highest BCUT2D eigenvalue weighted by Gasteiger charge is 2.50. The third-order valence-corrected chi connectivity index (χ3v) is 11.8. The minimum absolute atomic E-state index is 0.00803. The summed E-state index contributed by atoms with van der Waals surface area (Å²) in [6.45, 7) is 3.06. The number of nitrogens with zero attached hydrogens (tertiary/aromatic N) is 3. The number of aliphatic hydroxyl groups is 3. The zero-order valence-electron chi connectivity index (χ0n) is 32.7. The normalized spacial score (nSPS) is 27.1. The molecule has 2 saturated heterocycles. The number of amides is 3. The number of carbonyl (C=O) groups is 5. The SMILES string of the molecule is COc1cccc2c1C(=O)c1c(O)c3c(c(O)c1C2=O)C[C@@](O)(/C(CO)=N/NC(=O)CCCCCN1C(=O)C=CC1=O)C[C@@H]3O[C@H]1C[C@H](N2CCOCC2)[C@H](O)[C@H](C)O1. The second kappa shape index (κ2) is 17.3. The molecule has 2 aliphatic carbocycles. The Bertz CT molecular complexity index is 2080. The number of phenolic OH excluding ortho intramolecular Hbond substituents is 2. The molecule has 7 rings (SSSR count). The van der Waals surface area contributed by atoms with Gasteiger partial charge in [0.2, 0.25) is 11.7 Å². The van der Waals surface area contributed by atoms with Crippen molar-refractivity contribution in [3.63, 3.8) is 0 Å². The number of benzene rings is 2. The highest BCUT2D eigenvalue weighted by molar-refractivity contribution is 6.31. The summed E-state index contributed by atoms with van der Waals surface area (Å²) in [4.78, 5) is 67.7. The summed E-state index contributed by atoms with van der Waals surface area (Å²) in [6, 6.07) is 3.97. The van der Waals surface area contributed by atoms with Crippen molar-refractivity contribution in [1.82, 2.24) is 15.2 Å². The lowest BCUT2D eigenvalue weighted by atomic mass is 9.71. The first kappa shape index (κ1) is 42.1. The fourth-order valence-corrected chi connectivity index (χ4v) is 8.68. The van der Waals surface area contributed by atoms with Gasteiger partial charge >= 0.3 is 0 Å². The van der Waals surface area contributed by atoms with Crippen LogP contribution in [0.5, 0.6) is 17.2 Å². The summed E-state index contributed by atoms with van der Waals surface area (Å²) in [7, 11) is 1.33. The Morgan fingerprint density at radius 3 is 2.41 bits per heavy atom. The molecule has 0 bridgehead atoms. The molecule has 59 heavy (non-hydrogen) atoms. The molecule has 18 nitrogen and oxygen atoms in total. The highest BCUT2D eigenvalue weighted by Crippen LogP contribution is 2.52. The minimum Gasteiger partial charge on any atom is -0.507 e. The van der Waals surface area contributed by atoms with E-state index in [4.69, 9.17) is 18.9 Å². The van der Waals surface area contributed by atoms with Gasteiger partial charge in [-0.05, 0) is 25.8 Å². The Hall–Kier alpha value is -5.08. The number of unbranched alkanes of at least 4 members (excludes halogenated alkanes) is 2. The van der Waals surface area contributed by atoms with Crippen LogP contribution in [0.15, 0.2) is 35.5 Å². The van der Waals surface area contributed by atoms with Crippen LogP contribution < -0.4 is 10.2 Å². The van der Waals surface area contributed by atoms with Crippen LogP contribution in [0.4, 0.5) is 0 Å². The molecule has 18 heteroatoms. The van der Waals surface area contributed by atoms with Gasteiger partial charge in [0.15, 0.2) is 12.1 Å². The Morgan fingerprint density at radius 1 is 1.00 bits per heavy atom. The number of hydrogen-bond acceptors (Lipinski definition) is 16. The quantitative estimate of drug-likeness (QED) is 0.0458. The predicted molar refractivity (Wildman–Crippen MR) is 205 cm³/mol. The maximum absolute atomic E-state index is 14.1. The number of ketones is 2. The van der Waals surface area contributed by atoms with Gasteiger partial charge in [0.05, 0.1) is 67.6 Å². The predicted octanol–water partition coefficient (Wildman–Crippen LogP) is 0.763. The molecule has 3 amide bonds. The van der Waals surface area contributed by atoms with Gasteiger partial charge in [-0.15, -0.1) is 0 Å². The molecule has 0 saturated carbocycles. The van der Waals surface area contributed by atoms with Gasteiger partial charge in [-0.1, -0.05) is 18.6 Å². The number of hydrogen-bond donors (Lipinski definition) is 6. The molecule has 0 spiro atoms. The van der Waals surface area contributed by atoms with Crippen molar-refractivity contribution < 1.29 is 68.5 Å². The zero-order valence-corrected chi connectivity index (χ0v) is 32.7. The highest BCUT2D eigenvalue weighted by atomic mass is 16.7. The van der Waals surface area contributed by atoms with Gasteiger partial charge in [-0.2, -0.15) is 5.10 Å². The molecule has 2 aromatic rings. The van der Waals surface area contributed by atoms with Crippen LogP contribution >= 0.6 is 0 Å². The molecule has 0 radical (unpaired) electrons. The molecule has 316 valence electrons. The molecule has 0 aromatic heterocycles. The molecule has 3 aliphatic heterocycles. The van der Waals surface area contributed by atoms with Crippen LogP contribution in [-0.4, -0.2) is 147 Å². The Labute approximate surface area is 339 Å². The number of rotatable bonds is 13. The fraction of sp³-hybridized carbons (Fsp3) is 0.512. The number of carbonyl (C=O) groups excluding carboxylic acids is 5. The van der Waals surface area contributed by atoms with Crippen LogP contribution in [0, 0.1) is 0 Å². The van der Waals surface area contributed by atoms with Gasteiger partial charge in [-0.3, -0.25) is 33.8 Å². The molecular weight excluding hydrogens is 772 g/mol. The monoisotopic (exact) mass is 820 g/mol. The molecule has 6 N–H and O–H groups in total. The lowest BCUT2D eigenvalue weighted by molar-refractivity contribution is -0.259. The van der Waals surface area contributed by atoms with E-state index in [-0.39, 0.29) is 64.9 Å². The Morgan fingerprint density at radius 2 is 1.71 bits per heavy atom. The van der Waals surface area contributed by atoms with Crippen molar-refractivity contribution in [3.05, 3.63) is 63.7 Å². The molecule has 6 atom stereocenters. The third-order valence-electron chi connectivity index (χ3n) is 11.8. The van der Waals surface area contributed by atoms with Gasteiger partial charge in [-0.25, -0.2) is 5.43 Å². The number of ether oxygens (including phenoxy) is 4. The summed E-state index contributed by atoms with van der Waals surface area (Å²) in [5.74, 6) is -4.16. The van der Waals surface area contributed by atoms with E-state index in [9.17, 15) is 49.5 Å². The second-order valence-corrected chi connectivity index (χ2v) is 15.4. The Kier molecular flexibility index (Phi) is 12.3. The number of aliphatic hydroxyl groups excluding tert-OH is 2. The van der Waals surface area contributed by atoms with Crippen molar-refractivity contribution in [1.29, 1.82) is 0 Å². The first-order valence-electron chi connectivity index (χ1n) is 19.7. The standard InChI is InChI=1S/C41H48N4O14/c1-21-36(50)24(44-13-15-57-16-14-44)17-31(58-21)59-26-19-41(55,27(20-46)42-43-28(47)9-4-3-5-12-45-29(48)10-11-30(45)49)18-23-33(26)40(54)35-34(38(23)52)37(51)22-7-6-8-25(56-2)32(22)39(35)53/h6-8,10-11,21,24,26,31,36,46,50,52,54-55H,3-5,9,12-20H2,1-2H3,(H,43,47)/b42-27+/t21-,24-,26-,31-,36+,41-/m0/s1. The fourth-order valence-electron chi connectivity index (χ4n) is 8.68. The van der Waals surface area contributed by atoms with E-state index in [2.05, 4.69) is 15.4 Å². The molecule has 2 fully saturated rings. The first-order chi connectivity index (χ1) is 28.3. The number of morpholine rings is 1. The van der Waals surface area contributed by atoms with E-state index in [1.165, 1.54) is 37.5 Å². The molecular formula is C41H48N4O14. The number of phenols is 2. The van der Waals surface area contributed by atoms with Gasteiger partial charge in [0, 0.05) is 80.2 Å². The first-order valence-corrected chi connectivity index (χ1v) is 19.7. The number of nitrogens with one attached hydrogen (secondary N) is 1. The molecule has 5 aliphatic rings. The minimum atomic E-state index is -2.16. The van der Waals surface area contributed by atoms with E-state index in [1.54, 1.807) is 6.92 Å². The summed E-state index contributed by atoms with van der Waals surface area (Å²) < 4.78 is 23.5. The van der Waals surface area contributed by atoms with E-state index < -0.39 is 95.8 Å². The number of methoxy groups -OCH3 is 1. The Balaban J connectivity index is 1.18. The lowest BCUT2D eigenvalue weighted by Gasteiger charge is -2.46. The van der Waals surface area contributed by atoms with E-state index in [1.807, 2.05) is 0 Å². The van der Waals surface area contributed by atoms with Gasteiger partial charge in [0.1, 0.15) is 22.8 Å². The largest absolute Gasteiger partial charge is 0.507 e. The van der Waals surface area contributed by atoms with Crippen molar-refractivity contribution in [2.24, 2.45) is 5.10 Å². The summed E-state index contributed by atoms with van der Waals surface area (Å²) in [5.41, 5.74) is -1.50. The summed E-state index contributed by atoms with van der Waals surface area (Å²) in [5, 5.41) is 62.1. The van der Waals surface area contributed by atoms with Crippen LogP contribution in [0.25, 0.3) is 0 Å². The average molecular weight is 821 g/mol. The smallest absolute Gasteiger partial charge is 0.253 e. The van der Waals surface area contributed by atoms with E-state index in [0.29, 0.717) is 45.6 Å². The average Bonchev–Trinajstić information content (AvgIpc) is 3.54. The molecule has 3 heterocycles. The third kappa shape index (κ3) is 8.01. The summed E-state index contributed by atoms with van der Waals surface area (Å²) in [6.07, 6.45) is -1.07. The van der Waals surface area contributed by atoms with Crippen LogP contribution in [0.2, 0.25) is 0 Å². The molecule has 2 aromatic carbocycles. The van der Waals surface area contributed by atoms with Crippen LogP contribution in [0.3, 0.4) is 0 Å². The maximum Gasteiger partial charge on any atom is 0.253 e. The van der Waals surface area contributed by atoms with Gasteiger partial charge in [0.25, 0.3) is 11.8 Å². The van der Waals surface area contributed by atoms with Crippen molar-refractivity contribution in [2.75, 3.05) is 46.6 Å². The van der Waals surface area contributed by atoms with Crippen LogP contribution in [-0.2, 0) is 35.0 Å². The van der Waals surface area contributed by atoms with E-state index in [0.717, 1.165) is 4.90 Å². The maximum atomic E-state index is 14.1. The molecule has 0 unspecified atom stereocenters. The van der Waals surface area contributed by atoms with Gasteiger partial charge < -0.3 is 44.5 Å². The second-order valence-electron chi connectivity index (χ2n) is 15.4. The topological polar surface area (TPSA) is 254 Å². The van der Waals surface area contributed by atoms with Crippen molar-refractivity contribution >= 4 is 35.0 Å². The van der Waals surface area contributed by atoms with E-state index >= 15 is 0 Å². The number of hydrazone groups is 1. The lowest BCUT2D eigenvalue weighted by Crippen LogP contribution is -2.58. The summed E-state index contributed by atoms with van der Waals surface area (Å²) >= 11 is 0. The van der Waals surface area contributed by atoms with Crippen LogP contribution in [0.1, 0.15) is 94.5 Å². The number of aromatic hydroxyl groups is 2. The number of imide groups is 1. The number of fused-ring (bicyclic) bond motifs is 3. The van der Waals surface area contributed by atoms with Crippen molar-refractivity contribution in [2.45, 2.75) is 88.1 Å².